The molecule has 0 bridgehead atoms. The molecule has 0 aliphatic carbocycles. The van der Waals surface area contributed by atoms with E-state index in [0.717, 1.165) is 11.1 Å². The number of esters is 1. The Morgan fingerprint density at radius 2 is 1.75 bits per heavy atom. The molecule has 2 aromatic carbocycles. The SMILES string of the molecule is C/C=C\C(=C/C)c1nc(-c2ccccc2)nc(-c2ccc(OC(C)C(=O)OC)cc2O)n1. The van der Waals surface area contributed by atoms with Gasteiger partial charge in [0.25, 0.3) is 0 Å². The van der Waals surface area contributed by atoms with Crippen LogP contribution in [0.3, 0.4) is 0 Å². The minimum absolute atomic E-state index is 0.0798. The largest absolute Gasteiger partial charge is 0.507 e. The van der Waals surface area contributed by atoms with Crippen molar-refractivity contribution in [1.82, 2.24) is 15.0 Å². The van der Waals surface area contributed by atoms with E-state index < -0.39 is 12.1 Å². The molecule has 3 aromatic rings. The number of rotatable bonds is 7. The van der Waals surface area contributed by atoms with Crippen molar-refractivity contribution in [2.24, 2.45) is 0 Å². The van der Waals surface area contributed by atoms with Gasteiger partial charge in [0.1, 0.15) is 11.5 Å². The summed E-state index contributed by atoms with van der Waals surface area (Å²) < 4.78 is 10.2. The Morgan fingerprint density at radius 3 is 2.38 bits per heavy atom. The lowest BCUT2D eigenvalue weighted by Crippen LogP contribution is -2.24. The zero-order valence-electron chi connectivity index (χ0n) is 18.4. The zero-order valence-corrected chi connectivity index (χ0v) is 18.4. The average Bonchev–Trinajstić information content (AvgIpc) is 2.82. The summed E-state index contributed by atoms with van der Waals surface area (Å²) in [6, 6.07) is 14.3. The van der Waals surface area contributed by atoms with Crippen molar-refractivity contribution in [3.8, 4) is 34.3 Å². The van der Waals surface area contributed by atoms with Crippen LogP contribution in [0, 0.1) is 0 Å². The minimum atomic E-state index is -0.809. The second kappa shape index (κ2) is 10.3. The Labute approximate surface area is 187 Å². The Balaban J connectivity index is 2.07. The Morgan fingerprint density at radius 1 is 1.03 bits per heavy atom. The molecule has 1 atom stereocenters. The van der Waals surface area contributed by atoms with Gasteiger partial charge in [0.2, 0.25) is 0 Å². The molecule has 1 N–H and O–H groups in total. The summed E-state index contributed by atoms with van der Waals surface area (Å²) >= 11 is 0. The summed E-state index contributed by atoms with van der Waals surface area (Å²) in [5.41, 5.74) is 2.08. The summed E-state index contributed by atoms with van der Waals surface area (Å²) in [7, 11) is 1.29. The lowest BCUT2D eigenvalue weighted by molar-refractivity contribution is -0.147. The summed E-state index contributed by atoms with van der Waals surface area (Å²) in [6.45, 7) is 5.40. The monoisotopic (exact) mass is 431 g/mol. The van der Waals surface area contributed by atoms with Crippen LogP contribution in [0.5, 0.6) is 11.5 Å². The number of benzene rings is 2. The van der Waals surface area contributed by atoms with Crippen LogP contribution in [0.15, 0.2) is 66.8 Å². The first-order valence-electron chi connectivity index (χ1n) is 10.2. The number of hydrogen-bond donors (Lipinski definition) is 1. The van der Waals surface area contributed by atoms with Gasteiger partial charge in [-0.05, 0) is 32.9 Å². The highest BCUT2D eigenvalue weighted by Gasteiger charge is 2.18. The van der Waals surface area contributed by atoms with Gasteiger partial charge in [0, 0.05) is 17.2 Å². The lowest BCUT2D eigenvalue weighted by atomic mass is 10.1. The molecule has 7 heteroatoms. The summed E-state index contributed by atoms with van der Waals surface area (Å²) in [4.78, 5) is 25.4. The van der Waals surface area contributed by atoms with Crippen molar-refractivity contribution in [2.45, 2.75) is 26.9 Å². The molecule has 3 rings (SSSR count). The summed E-state index contributed by atoms with van der Waals surface area (Å²) in [5.74, 6) is 1.05. The van der Waals surface area contributed by atoms with Crippen LogP contribution in [-0.4, -0.2) is 39.2 Å². The number of carbonyl (C=O) groups excluding carboxylic acids is 1. The second-order valence-electron chi connectivity index (χ2n) is 6.88. The van der Waals surface area contributed by atoms with Gasteiger partial charge in [0.05, 0.1) is 12.7 Å². The molecule has 164 valence electrons. The number of methoxy groups -OCH3 is 1. The van der Waals surface area contributed by atoms with E-state index in [0.29, 0.717) is 28.8 Å². The minimum Gasteiger partial charge on any atom is -0.507 e. The van der Waals surface area contributed by atoms with Crippen molar-refractivity contribution >= 4 is 11.5 Å². The number of phenols is 1. The molecular formula is C25H25N3O4. The van der Waals surface area contributed by atoms with Gasteiger partial charge in [-0.2, -0.15) is 0 Å². The smallest absolute Gasteiger partial charge is 0.346 e. The maximum absolute atomic E-state index is 11.6. The molecule has 0 saturated heterocycles. The van der Waals surface area contributed by atoms with Gasteiger partial charge >= 0.3 is 5.97 Å². The standard InChI is InChI=1S/C25H25N3O4/c1-5-10-17(6-2)22-26-23(18-11-8-7-9-12-18)28-24(27-22)20-14-13-19(15-21(20)29)32-16(3)25(30)31-4/h5-16,29H,1-4H3/b10-5-,17-6+. The molecule has 1 unspecified atom stereocenters. The van der Waals surface area contributed by atoms with E-state index in [1.54, 1.807) is 19.1 Å². The van der Waals surface area contributed by atoms with E-state index >= 15 is 0 Å². The van der Waals surface area contributed by atoms with Gasteiger partial charge in [-0.1, -0.05) is 48.6 Å². The number of phenolic OH excluding ortho intramolecular Hbond substituents is 1. The fraction of sp³-hybridized carbons (Fsp3) is 0.200. The molecule has 0 aliphatic heterocycles. The van der Waals surface area contributed by atoms with E-state index in [1.807, 2.05) is 62.4 Å². The molecular weight excluding hydrogens is 406 g/mol. The quantitative estimate of drug-likeness (QED) is 0.423. The molecule has 0 radical (unpaired) electrons. The van der Waals surface area contributed by atoms with Crippen LogP contribution in [0.2, 0.25) is 0 Å². The number of aromatic hydroxyl groups is 1. The number of allylic oxidation sites excluding steroid dienone is 4. The van der Waals surface area contributed by atoms with E-state index in [4.69, 9.17) is 4.74 Å². The first kappa shape index (κ1) is 22.7. The van der Waals surface area contributed by atoms with E-state index in [1.165, 1.54) is 13.2 Å². The first-order valence-corrected chi connectivity index (χ1v) is 10.2. The molecule has 1 aromatic heterocycles. The van der Waals surface area contributed by atoms with E-state index in [2.05, 4.69) is 19.7 Å². The lowest BCUT2D eigenvalue weighted by Gasteiger charge is -2.14. The van der Waals surface area contributed by atoms with Gasteiger partial charge in [-0.15, -0.1) is 0 Å². The van der Waals surface area contributed by atoms with Crippen LogP contribution < -0.4 is 4.74 Å². The molecule has 1 heterocycles. The topological polar surface area (TPSA) is 94.4 Å². The average molecular weight is 431 g/mol. The molecule has 7 nitrogen and oxygen atoms in total. The first-order chi connectivity index (χ1) is 15.5. The maximum atomic E-state index is 11.6. The Hall–Kier alpha value is -4.00. The molecule has 0 spiro atoms. The molecule has 0 fully saturated rings. The maximum Gasteiger partial charge on any atom is 0.346 e. The number of hydrogen-bond acceptors (Lipinski definition) is 7. The third-order valence-electron chi connectivity index (χ3n) is 4.64. The Kier molecular flexibility index (Phi) is 7.33. The molecule has 0 saturated carbocycles. The third kappa shape index (κ3) is 5.18. The summed E-state index contributed by atoms with van der Waals surface area (Å²) in [6.07, 6.45) is 4.93. The van der Waals surface area contributed by atoms with Crippen molar-refractivity contribution in [3.05, 3.63) is 72.6 Å². The highest BCUT2D eigenvalue weighted by Crippen LogP contribution is 2.32. The molecule has 0 aliphatic rings. The van der Waals surface area contributed by atoms with Crippen LogP contribution in [-0.2, 0) is 9.53 Å². The zero-order chi connectivity index (χ0) is 23.1. The van der Waals surface area contributed by atoms with Crippen LogP contribution in [0.25, 0.3) is 28.3 Å². The third-order valence-corrected chi connectivity index (χ3v) is 4.64. The van der Waals surface area contributed by atoms with Gasteiger partial charge in [-0.3, -0.25) is 0 Å². The van der Waals surface area contributed by atoms with E-state index in [-0.39, 0.29) is 5.75 Å². The molecule has 0 amide bonds. The highest BCUT2D eigenvalue weighted by atomic mass is 16.6. The van der Waals surface area contributed by atoms with Gasteiger partial charge in [-0.25, -0.2) is 19.7 Å². The fourth-order valence-electron chi connectivity index (χ4n) is 3.01. The number of ether oxygens (including phenoxy) is 2. The van der Waals surface area contributed by atoms with Crippen LogP contribution >= 0.6 is 0 Å². The van der Waals surface area contributed by atoms with Crippen molar-refractivity contribution in [3.63, 3.8) is 0 Å². The Bertz CT molecular complexity index is 1160. The van der Waals surface area contributed by atoms with Crippen molar-refractivity contribution < 1.29 is 19.4 Å². The van der Waals surface area contributed by atoms with Crippen molar-refractivity contribution in [1.29, 1.82) is 0 Å². The van der Waals surface area contributed by atoms with Crippen LogP contribution in [0.4, 0.5) is 0 Å². The van der Waals surface area contributed by atoms with Crippen molar-refractivity contribution in [2.75, 3.05) is 7.11 Å². The van der Waals surface area contributed by atoms with Gasteiger partial charge in [0.15, 0.2) is 23.6 Å². The predicted octanol–water partition coefficient (Wildman–Crippen LogP) is 4.83. The molecule has 32 heavy (non-hydrogen) atoms. The van der Waals surface area contributed by atoms with E-state index in [9.17, 15) is 9.90 Å². The number of aromatic nitrogens is 3. The predicted molar refractivity (Wildman–Crippen MR) is 123 cm³/mol. The van der Waals surface area contributed by atoms with Gasteiger partial charge < -0.3 is 14.6 Å². The number of carbonyl (C=O) groups is 1. The summed E-state index contributed by atoms with van der Waals surface area (Å²) in [5, 5.41) is 10.7. The number of nitrogens with zero attached hydrogens (tertiary/aromatic N) is 3. The second-order valence-corrected chi connectivity index (χ2v) is 6.88. The highest BCUT2D eigenvalue weighted by molar-refractivity contribution is 5.75. The van der Waals surface area contributed by atoms with Crippen LogP contribution in [0.1, 0.15) is 26.6 Å². The fourth-order valence-corrected chi connectivity index (χ4v) is 3.01. The normalized spacial score (nSPS) is 12.6.